The number of carboxylic acid groups (broad SMARTS) is 2. The van der Waals surface area contributed by atoms with Crippen LogP contribution in [0.25, 0.3) is 0 Å². The molecule has 0 amide bonds. The fraction of sp³-hybridized carbons (Fsp3) is 0.680. The monoisotopic (exact) mass is 472 g/mol. The lowest BCUT2D eigenvalue weighted by atomic mass is 9.51. The first-order valence-electron chi connectivity index (χ1n) is 12.4. The Hall–Kier alpha value is -2.52. The summed E-state index contributed by atoms with van der Waals surface area (Å²) >= 11 is 0. The van der Waals surface area contributed by atoms with Crippen molar-refractivity contribution >= 4 is 11.9 Å². The number of methoxy groups -OCH3 is 1. The Labute approximate surface area is 198 Å². The van der Waals surface area contributed by atoms with Gasteiger partial charge in [-0.2, -0.15) is 0 Å². The summed E-state index contributed by atoms with van der Waals surface area (Å²) in [5, 5.41) is 32.9. The van der Waals surface area contributed by atoms with Gasteiger partial charge in [-0.05, 0) is 56.9 Å². The van der Waals surface area contributed by atoms with Gasteiger partial charge in [-0.3, -0.25) is 19.8 Å². The largest absolute Gasteiger partial charge is 0.504 e. The first-order chi connectivity index (χ1) is 16.3. The first-order valence-corrected chi connectivity index (χ1v) is 12.4. The van der Waals surface area contributed by atoms with E-state index in [-0.39, 0.29) is 23.3 Å². The van der Waals surface area contributed by atoms with E-state index in [0.717, 1.165) is 49.4 Å². The van der Waals surface area contributed by atoms with Crippen LogP contribution in [-0.2, 0) is 21.4 Å². The van der Waals surface area contributed by atoms with Gasteiger partial charge in [-0.1, -0.05) is 0 Å². The highest BCUT2D eigenvalue weighted by molar-refractivity contribution is 5.80. The molecule has 2 bridgehead atoms. The highest BCUT2D eigenvalue weighted by Gasteiger charge is 2.66. The lowest BCUT2D eigenvalue weighted by molar-refractivity contribution is -0.147. The Kier molecular flexibility index (Phi) is 5.01. The SMILES string of the molecule is COc1cc(O)c2c3c1C[C@@H]1[C@@H]4CC[C@@H](N[C@@H](CC(=O)O)C(=O)O)[C@H](O2)[C@]34CCN1CC1CC1. The molecule has 2 heterocycles. The standard InChI is InChI=1S/C25H32N2O7/c1-33-19-10-18(28)22-21-13(19)8-17-14-4-5-15(26-16(24(31)32)9-20(29)30)23(34-22)25(14,21)6-7-27(17)11-12-2-3-12/h10,12,14-17,23,26,28H,2-9,11H2,1H3,(H,29,30)(H,31,32)/t14-,15+,16-,17+,23-,25-/m0/s1. The molecule has 1 aromatic rings. The van der Waals surface area contributed by atoms with Gasteiger partial charge < -0.3 is 24.8 Å². The lowest BCUT2D eigenvalue weighted by Crippen LogP contribution is -2.69. The number of phenols is 1. The lowest BCUT2D eigenvalue weighted by Gasteiger charge is -2.60. The normalized spacial score (nSPS) is 34.1. The summed E-state index contributed by atoms with van der Waals surface area (Å²) in [5.74, 6) is 0.0251. The van der Waals surface area contributed by atoms with Crippen molar-refractivity contribution in [2.24, 2.45) is 11.8 Å². The maximum absolute atomic E-state index is 11.8. The van der Waals surface area contributed by atoms with Crippen LogP contribution in [0.5, 0.6) is 17.2 Å². The van der Waals surface area contributed by atoms with E-state index in [9.17, 15) is 24.9 Å². The summed E-state index contributed by atoms with van der Waals surface area (Å²) in [6, 6.07) is 0.472. The molecule has 184 valence electrons. The summed E-state index contributed by atoms with van der Waals surface area (Å²) < 4.78 is 12.2. The molecular formula is C25H32N2O7. The number of carbonyl (C=O) groups is 2. The Bertz CT molecular complexity index is 1040. The molecule has 6 atom stereocenters. The molecule has 6 rings (SSSR count). The van der Waals surface area contributed by atoms with Gasteiger partial charge >= 0.3 is 11.9 Å². The fourth-order valence-corrected chi connectivity index (χ4v) is 7.54. The average molecular weight is 473 g/mol. The number of ether oxygens (including phenoxy) is 2. The van der Waals surface area contributed by atoms with Gasteiger partial charge in [0.2, 0.25) is 0 Å². The van der Waals surface area contributed by atoms with Crippen molar-refractivity contribution in [3.63, 3.8) is 0 Å². The Morgan fingerprint density at radius 3 is 2.76 bits per heavy atom. The van der Waals surface area contributed by atoms with E-state index in [2.05, 4.69) is 10.2 Å². The number of carboxylic acids is 2. The fourth-order valence-electron chi connectivity index (χ4n) is 7.54. The van der Waals surface area contributed by atoms with Crippen molar-refractivity contribution in [2.45, 2.75) is 74.6 Å². The Balaban J connectivity index is 1.42. The van der Waals surface area contributed by atoms with E-state index in [1.54, 1.807) is 13.2 Å². The molecule has 3 aliphatic carbocycles. The second-order valence-electron chi connectivity index (χ2n) is 10.8. The molecule has 5 aliphatic rings. The van der Waals surface area contributed by atoms with Crippen LogP contribution >= 0.6 is 0 Å². The highest BCUT2D eigenvalue weighted by atomic mass is 16.5. The molecule has 0 unspecified atom stereocenters. The zero-order chi connectivity index (χ0) is 23.8. The predicted molar refractivity (Wildman–Crippen MR) is 120 cm³/mol. The van der Waals surface area contributed by atoms with Gasteiger partial charge in [0, 0.05) is 41.2 Å². The maximum Gasteiger partial charge on any atom is 0.321 e. The maximum atomic E-state index is 11.8. The number of nitrogens with one attached hydrogen (secondary N) is 1. The van der Waals surface area contributed by atoms with Crippen molar-refractivity contribution in [3.8, 4) is 17.2 Å². The van der Waals surface area contributed by atoms with Crippen molar-refractivity contribution in [2.75, 3.05) is 20.2 Å². The van der Waals surface area contributed by atoms with Crippen molar-refractivity contribution in [1.29, 1.82) is 0 Å². The number of likely N-dealkylation sites (tertiary alicyclic amines) is 1. The van der Waals surface area contributed by atoms with Crippen LogP contribution in [-0.4, -0.2) is 76.6 Å². The molecule has 0 radical (unpaired) electrons. The van der Waals surface area contributed by atoms with E-state index in [1.165, 1.54) is 12.8 Å². The number of piperidine rings is 1. The van der Waals surface area contributed by atoms with Crippen molar-refractivity contribution < 1.29 is 34.4 Å². The highest BCUT2D eigenvalue weighted by Crippen LogP contribution is 2.65. The summed E-state index contributed by atoms with van der Waals surface area (Å²) in [4.78, 5) is 25.8. The molecule has 4 N–H and O–H groups in total. The number of aromatic hydroxyl groups is 1. The first kappa shape index (κ1) is 22.0. The van der Waals surface area contributed by atoms with Gasteiger partial charge in [0.1, 0.15) is 17.9 Å². The smallest absolute Gasteiger partial charge is 0.321 e. The number of nitrogens with zero attached hydrogens (tertiary/aromatic N) is 1. The molecule has 1 saturated heterocycles. The zero-order valence-corrected chi connectivity index (χ0v) is 19.3. The van der Waals surface area contributed by atoms with E-state index < -0.39 is 24.4 Å². The molecule has 9 nitrogen and oxygen atoms in total. The summed E-state index contributed by atoms with van der Waals surface area (Å²) in [5.41, 5.74) is 1.79. The van der Waals surface area contributed by atoms with Gasteiger partial charge in [0.05, 0.1) is 13.5 Å². The van der Waals surface area contributed by atoms with E-state index in [4.69, 9.17) is 9.47 Å². The minimum absolute atomic E-state index is 0.0519. The average Bonchev–Trinajstić information content (AvgIpc) is 3.54. The van der Waals surface area contributed by atoms with Crippen LogP contribution in [0, 0.1) is 11.8 Å². The number of hydrogen-bond acceptors (Lipinski definition) is 7. The number of benzene rings is 1. The van der Waals surface area contributed by atoms with Gasteiger partial charge in [0.15, 0.2) is 11.5 Å². The minimum atomic E-state index is -1.19. The molecule has 3 fully saturated rings. The number of rotatable bonds is 8. The van der Waals surface area contributed by atoms with Gasteiger partial charge in [-0.15, -0.1) is 0 Å². The minimum Gasteiger partial charge on any atom is -0.504 e. The third kappa shape index (κ3) is 3.12. The molecule has 1 spiro atoms. The molecule has 0 aromatic heterocycles. The molecule has 2 aliphatic heterocycles. The van der Waals surface area contributed by atoms with Gasteiger partial charge in [-0.25, -0.2) is 0 Å². The van der Waals surface area contributed by atoms with Crippen LogP contribution in [0.2, 0.25) is 0 Å². The molecule has 9 heteroatoms. The number of hydrogen-bond donors (Lipinski definition) is 4. The number of phenolic OH excluding ortho intramolecular Hbond substituents is 1. The number of aliphatic carboxylic acids is 2. The predicted octanol–water partition coefficient (Wildman–Crippen LogP) is 1.74. The third-order valence-corrected chi connectivity index (χ3v) is 9.02. The Morgan fingerprint density at radius 2 is 2.09 bits per heavy atom. The topological polar surface area (TPSA) is 129 Å². The third-order valence-electron chi connectivity index (χ3n) is 9.02. The zero-order valence-electron chi connectivity index (χ0n) is 19.3. The summed E-state index contributed by atoms with van der Waals surface area (Å²) in [6.07, 6.45) is 5.07. The van der Waals surface area contributed by atoms with Crippen LogP contribution in [0.1, 0.15) is 49.7 Å². The summed E-state index contributed by atoms with van der Waals surface area (Å²) in [6.45, 7) is 2.06. The van der Waals surface area contributed by atoms with Crippen molar-refractivity contribution in [1.82, 2.24) is 10.2 Å². The second-order valence-corrected chi connectivity index (χ2v) is 10.8. The van der Waals surface area contributed by atoms with E-state index >= 15 is 0 Å². The quantitative estimate of drug-likeness (QED) is 0.447. The van der Waals surface area contributed by atoms with Gasteiger partial charge in [0.25, 0.3) is 0 Å². The van der Waals surface area contributed by atoms with E-state index in [0.29, 0.717) is 29.9 Å². The van der Waals surface area contributed by atoms with Crippen LogP contribution in [0.4, 0.5) is 0 Å². The van der Waals surface area contributed by atoms with Crippen LogP contribution in [0.3, 0.4) is 0 Å². The molecule has 34 heavy (non-hydrogen) atoms. The second kappa shape index (κ2) is 7.75. The van der Waals surface area contributed by atoms with Crippen LogP contribution in [0.15, 0.2) is 6.07 Å². The van der Waals surface area contributed by atoms with E-state index in [1.807, 2.05) is 0 Å². The molecule has 1 aromatic carbocycles. The molecular weight excluding hydrogens is 440 g/mol. The molecule has 2 saturated carbocycles. The van der Waals surface area contributed by atoms with Crippen LogP contribution < -0.4 is 14.8 Å². The Morgan fingerprint density at radius 1 is 1.29 bits per heavy atom. The van der Waals surface area contributed by atoms with Crippen molar-refractivity contribution in [3.05, 3.63) is 17.2 Å². The summed E-state index contributed by atoms with van der Waals surface area (Å²) in [7, 11) is 1.63.